The number of hydrogen-bond donors (Lipinski definition) is 2. The summed E-state index contributed by atoms with van der Waals surface area (Å²) in [7, 11) is 1.52. The third-order valence-corrected chi connectivity index (χ3v) is 2.75. The standard InChI is InChI=1S/C13H11ClN2O3.Li.H2O/c1-19-11-5-4-8(7-10(11)14)16-12-9(13(17)18)3-2-6-15-12;;/h2-7H,1H3,(H,15,16)(H,17,18);;1H2/q;+1;/p-1. The van der Waals surface area contributed by atoms with Gasteiger partial charge in [-0.05, 0) is 30.3 Å². The van der Waals surface area contributed by atoms with Crippen molar-refractivity contribution in [1.29, 1.82) is 0 Å². The van der Waals surface area contributed by atoms with Crippen LogP contribution in [0.3, 0.4) is 0 Å². The second kappa shape index (κ2) is 8.55. The van der Waals surface area contributed by atoms with E-state index in [2.05, 4.69) is 10.3 Å². The van der Waals surface area contributed by atoms with Crippen molar-refractivity contribution in [3.8, 4) is 5.75 Å². The molecule has 1 aromatic carbocycles. The predicted octanol–water partition coefficient (Wildman–Crippen LogP) is 0.0126. The number of aromatic nitrogens is 1. The van der Waals surface area contributed by atoms with Gasteiger partial charge in [0, 0.05) is 11.9 Å². The zero-order valence-electron chi connectivity index (χ0n) is 11.5. The number of benzene rings is 1. The van der Waals surface area contributed by atoms with E-state index in [0.717, 1.165) is 0 Å². The molecule has 0 radical (unpaired) electrons. The van der Waals surface area contributed by atoms with Gasteiger partial charge >= 0.3 is 24.8 Å². The molecule has 6 nitrogen and oxygen atoms in total. The van der Waals surface area contributed by atoms with E-state index in [-0.39, 0.29) is 35.7 Å². The predicted molar refractivity (Wildman–Crippen MR) is 74.4 cm³/mol. The van der Waals surface area contributed by atoms with Crippen LogP contribution in [0.25, 0.3) is 0 Å². The smallest absolute Gasteiger partial charge is 0.870 e. The summed E-state index contributed by atoms with van der Waals surface area (Å²) in [4.78, 5) is 15.1. The number of carboxylic acids is 1. The fourth-order valence-electron chi connectivity index (χ4n) is 1.56. The van der Waals surface area contributed by atoms with Crippen molar-refractivity contribution in [2.45, 2.75) is 0 Å². The molecule has 0 amide bonds. The van der Waals surface area contributed by atoms with E-state index in [4.69, 9.17) is 21.4 Å². The van der Waals surface area contributed by atoms with Gasteiger partial charge in [-0.1, -0.05) is 11.6 Å². The van der Waals surface area contributed by atoms with Crippen LogP contribution in [-0.4, -0.2) is 28.6 Å². The second-order valence-electron chi connectivity index (χ2n) is 3.68. The van der Waals surface area contributed by atoms with Crippen LogP contribution in [0.1, 0.15) is 10.4 Å². The molecular weight excluding hydrogens is 291 g/mol. The maximum Gasteiger partial charge on any atom is 1.00 e. The number of aromatic carboxylic acids is 1. The number of nitrogens with zero attached hydrogens (tertiary/aromatic N) is 1. The average molecular weight is 303 g/mol. The second-order valence-corrected chi connectivity index (χ2v) is 4.09. The Labute approximate surface area is 138 Å². The van der Waals surface area contributed by atoms with Gasteiger partial charge in [0.25, 0.3) is 0 Å². The molecule has 0 atom stereocenters. The van der Waals surface area contributed by atoms with Gasteiger partial charge in [0.1, 0.15) is 17.1 Å². The fraction of sp³-hybridized carbons (Fsp3) is 0.0769. The SMILES string of the molecule is COc1ccc(Nc2ncccc2C(=O)O)cc1Cl.[Li+].[OH-]. The largest absolute Gasteiger partial charge is 1.00 e. The Morgan fingerprint density at radius 2 is 2.10 bits per heavy atom. The molecule has 0 unspecified atom stereocenters. The van der Waals surface area contributed by atoms with E-state index in [1.807, 2.05) is 0 Å². The Kier molecular flexibility index (Phi) is 7.85. The topological polar surface area (TPSA) is 101 Å². The molecule has 1 aromatic heterocycles. The van der Waals surface area contributed by atoms with Crippen molar-refractivity contribution in [1.82, 2.24) is 4.98 Å². The van der Waals surface area contributed by atoms with Gasteiger partial charge in [-0.2, -0.15) is 0 Å². The van der Waals surface area contributed by atoms with Gasteiger partial charge in [0.15, 0.2) is 0 Å². The Balaban J connectivity index is 0.00000200. The van der Waals surface area contributed by atoms with Crippen LogP contribution in [0.15, 0.2) is 36.5 Å². The van der Waals surface area contributed by atoms with Crippen molar-refractivity contribution >= 4 is 29.1 Å². The van der Waals surface area contributed by atoms with Gasteiger partial charge in [-0.25, -0.2) is 9.78 Å². The van der Waals surface area contributed by atoms with E-state index in [1.54, 1.807) is 24.3 Å². The van der Waals surface area contributed by atoms with Crippen LogP contribution in [0, 0.1) is 0 Å². The summed E-state index contributed by atoms with van der Waals surface area (Å²) >= 11 is 6.00. The molecule has 0 aliphatic carbocycles. The molecule has 8 heteroatoms. The first-order valence-electron chi connectivity index (χ1n) is 5.40. The van der Waals surface area contributed by atoms with Crippen LogP contribution in [-0.2, 0) is 0 Å². The summed E-state index contributed by atoms with van der Waals surface area (Å²) < 4.78 is 5.04. The molecular formula is C13H12ClLiN2O4. The molecule has 2 aromatic rings. The number of ether oxygens (including phenoxy) is 1. The third-order valence-electron chi connectivity index (χ3n) is 2.45. The van der Waals surface area contributed by atoms with E-state index >= 15 is 0 Å². The normalized spacial score (nSPS) is 9.05. The Morgan fingerprint density at radius 1 is 1.38 bits per heavy atom. The van der Waals surface area contributed by atoms with Crippen LogP contribution in [0.2, 0.25) is 5.02 Å². The first-order valence-corrected chi connectivity index (χ1v) is 5.78. The Bertz CT molecular complexity index is 625. The van der Waals surface area contributed by atoms with Crippen LogP contribution in [0.4, 0.5) is 11.5 Å². The van der Waals surface area contributed by atoms with E-state index in [1.165, 1.54) is 19.4 Å². The Hall–Kier alpha value is -1.71. The number of anilines is 2. The molecule has 0 saturated heterocycles. The van der Waals surface area contributed by atoms with Crippen molar-refractivity contribution in [2.75, 3.05) is 12.4 Å². The number of carbonyl (C=O) groups is 1. The minimum absolute atomic E-state index is 0. The number of methoxy groups -OCH3 is 1. The molecule has 1 heterocycles. The van der Waals surface area contributed by atoms with Crippen molar-refractivity contribution in [2.24, 2.45) is 0 Å². The van der Waals surface area contributed by atoms with E-state index in [0.29, 0.717) is 16.5 Å². The summed E-state index contributed by atoms with van der Waals surface area (Å²) in [6.45, 7) is 0. The molecule has 106 valence electrons. The molecule has 0 fully saturated rings. The summed E-state index contributed by atoms with van der Waals surface area (Å²) in [6.07, 6.45) is 1.51. The van der Waals surface area contributed by atoms with Crippen molar-refractivity contribution in [3.63, 3.8) is 0 Å². The number of carboxylic acid groups (broad SMARTS) is 1. The minimum Gasteiger partial charge on any atom is -0.870 e. The molecule has 0 aliphatic heterocycles. The molecule has 3 N–H and O–H groups in total. The zero-order valence-corrected chi connectivity index (χ0v) is 12.3. The quantitative estimate of drug-likeness (QED) is 0.772. The molecule has 21 heavy (non-hydrogen) atoms. The first-order chi connectivity index (χ1) is 9.11. The number of halogens is 1. The van der Waals surface area contributed by atoms with Crippen LogP contribution < -0.4 is 28.9 Å². The zero-order chi connectivity index (χ0) is 13.8. The average Bonchev–Trinajstić information content (AvgIpc) is 2.39. The summed E-state index contributed by atoms with van der Waals surface area (Å²) in [6, 6.07) is 8.10. The monoisotopic (exact) mass is 302 g/mol. The van der Waals surface area contributed by atoms with Crippen molar-refractivity contribution < 1.29 is 39.0 Å². The van der Waals surface area contributed by atoms with Gasteiger partial charge in [0.2, 0.25) is 0 Å². The van der Waals surface area contributed by atoms with E-state index < -0.39 is 5.97 Å². The van der Waals surface area contributed by atoms with Gasteiger partial charge in [0.05, 0.1) is 12.1 Å². The van der Waals surface area contributed by atoms with Crippen LogP contribution in [0.5, 0.6) is 5.75 Å². The molecule has 0 saturated carbocycles. The molecule has 0 bridgehead atoms. The first kappa shape index (κ1) is 19.3. The van der Waals surface area contributed by atoms with Gasteiger partial charge in [-0.15, -0.1) is 0 Å². The van der Waals surface area contributed by atoms with E-state index in [9.17, 15) is 4.79 Å². The number of hydrogen-bond acceptors (Lipinski definition) is 5. The minimum atomic E-state index is -1.05. The summed E-state index contributed by atoms with van der Waals surface area (Å²) in [5.41, 5.74) is 0.724. The summed E-state index contributed by atoms with van der Waals surface area (Å²) in [5.74, 6) is -0.238. The third kappa shape index (κ3) is 4.65. The van der Waals surface area contributed by atoms with Gasteiger partial charge in [-0.3, -0.25) is 0 Å². The van der Waals surface area contributed by atoms with Crippen LogP contribution >= 0.6 is 11.6 Å². The maximum absolute atomic E-state index is 11.1. The Morgan fingerprint density at radius 3 is 2.67 bits per heavy atom. The molecule has 0 spiro atoms. The fourth-order valence-corrected chi connectivity index (χ4v) is 1.82. The number of nitrogens with one attached hydrogen (secondary N) is 1. The number of pyridine rings is 1. The number of rotatable bonds is 4. The van der Waals surface area contributed by atoms with Gasteiger partial charge < -0.3 is 20.6 Å². The van der Waals surface area contributed by atoms with Crippen molar-refractivity contribution in [3.05, 3.63) is 47.1 Å². The molecule has 2 rings (SSSR count). The molecule has 0 aliphatic rings. The maximum atomic E-state index is 11.1. The summed E-state index contributed by atoms with van der Waals surface area (Å²) in [5, 5.41) is 12.4.